The van der Waals surface area contributed by atoms with Gasteiger partial charge < -0.3 is 27.4 Å². The van der Waals surface area contributed by atoms with Crippen LogP contribution in [0, 0.1) is 0 Å². The van der Waals surface area contributed by atoms with E-state index >= 15 is 0 Å². The van der Waals surface area contributed by atoms with Crippen LogP contribution in [0.2, 0.25) is 0 Å². The third-order valence-electron chi connectivity index (χ3n) is 29.7. The monoisotopic (exact) mass is 1800 g/mol. The summed E-state index contributed by atoms with van der Waals surface area (Å²) in [4.78, 5) is 0. The van der Waals surface area contributed by atoms with Crippen LogP contribution in [0.15, 0.2) is 497 Å². The van der Waals surface area contributed by atoms with Gasteiger partial charge in [0.25, 0.3) is 0 Å². The smallest absolute Gasteiger partial charge is 0.0555 e. The van der Waals surface area contributed by atoms with E-state index < -0.39 is 0 Å². The molecule has 0 amide bonds. The van der Waals surface area contributed by atoms with Crippen molar-refractivity contribution in [3.8, 4) is 89.8 Å². The molecule has 0 spiro atoms. The Kier molecular flexibility index (Phi) is 18.5. The van der Waals surface area contributed by atoms with Crippen molar-refractivity contribution in [3.63, 3.8) is 0 Å². The van der Waals surface area contributed by atoms with E-state index in [0.29, 0.717) is 0 Å². The van der Waals surface area contributed by atoms with E-state index in [0.717, 1.165) is 0 Å². The van der Waals surface area contributed by atoms with Gasteiger partial charge in [0.1, 0.15) is 0 Å². The average molecular weight is 1800 g/mol. The number of benzene rings is 22. The van der Waals surface area contributed by atoms with E-state index in [1.807, 2.05) is 11.3 Å². The summed E-state index contributed by atoms with van der Waals surface area (Å²) in [5.74, 6) is 0. The molecule has 0 N–H and O–H groups in total. The first kappa shape index (κ1) is 80.6. The largest absolute Gasteiger partial charge is 0.309 e. The van der Waals surface area contributed by atoms with Crippen LogP contribution in [-0.4, -0.2) is 27.4 Å². The lowest BCUT2D eigenvalue weighted by Crippen LogP contribution is -2.14. The molecular formula is C133H88N6S. The van der Waals surface area contributed by atoms with Gasteiger partial charge in [0.05, 0.1) is 77.6 Å². The van der Waals surface area contributed by atoms with E-state index in [1.54, 1.807) is 0 Å². The molecule has 0 aliphatic heterocycles. The molecule has 0 saturated carbocycles. The van der Waals surface area contributed by atoms with Crippen LogP contribution >= 0.6 is 11.3 Å². The summed E-state index contributed by atoms with van der Waals surface area (Å²) < 4.78 is 17.1. The highest BCUT2D eigenvalue weighted by Crippen LogP contribution is 2.52. The minimum atomic E-state index is -0.00527. The minimum Gasteiger partial charge on any atom is -0.309 e. The maximum absolute atomic E-state index is 2.46. The molecule has 1 aliphatic carbocycles. The van der Waals surface area contributed by atoms with E-state index in [1.165, 1.54) is 263 Å². The molecule has 0 saturated heterocycles. The average Bonchev–Trinajstić information content (AvgIpc) is 1.54. The Hall–Kier alpha value is -17.9. The fourth-order valence-electron chi connectivity index (χ4n) is 23.3. The minimum absolute atomic E-state index is 0.00527. The van der Waals surface area contributed by atoms with Crippen LogP contribution in [0.1, 0.15) is 25.0 Å². The summed E-state index contributed by atoms with van der Waals surface area (Å²) in [5.41, 5.74) is 37.1. The van der Waals surface area contributed by atoms with Crippen molar-refractivity contribution in [1.29, 1.82) is 0 Å². The maximum Gasteiger partial charge on any atom is 0.0555 e. The SMILES string of the molecule is CC1(C)c2ccccc2-c2cc(-n3c4ccccc4c4cc(-c5ccc6c(c5)c5ccccc5n6-c5ccccc5)ccc43)ccc21.c1ccc(-c2cc3ccccc3cc2-n2c3ccccc3c3cc(-c4ccc5c(c4)c4ccccc4n5-c4ccccc4)ccc32)cc1.c1ccc(-n2c3ccccc3c3cc(-c4ccc5c(c4)c4ccccc4n5-c4cccc5sc6ccccc6c45)ccc32)cc1. The van der Waals surface area contributed by atoms with Gasteiger partial charge in [-0.05, 0) is 260 Å². The van der Waals surface area contributed by atoms with Crippen molar-refractivity contribution >= 4 is 173 Å². The highest BCUT2D eigenvalue weighted by Gasteiger charge is 2.36. The van der Waals surface area contributed by atoms with Gasteiger partial charge in [0.2, 0.25) is 0 Å². The first-order valence-corrected chi connectivity index (χ1v) is 49.2. The molecule has 656 valence electrons. The van der Waals surface area contributed by atoms with Crippen LogP contribution in [0.5, 0.6) is 0 Å². The van der Waals surface area contributed by atoms with Gasteiger partial charge in [0, 0.05) is 119 Å². The number of fused-ring (bicyclic) bond motifs is 25. The lowest BCUT2D eigenvalue weighted by Gasteiger charge is -2.21. The number of aromatic nitrogens is 6. The summed E-state index contributed by atoms with van der Waals surface area (Å²) in [6.07, 6.45) is 0. The third-order valence-corrected chi connectivity index (χ3v) is 30.9. The van der Waals surface area contributed by atoms with Crippen LogP contribution in [0.25, 0.3) is 252 Å². The molecule has 7 heteroatoms. The van der Waals surface area contributed by atoms with Crippen molar-refractivity contribution in [2.75, 3.05) is 0 Å². The number of hydrogen-bond acceptors (Lipinski definition) is 1. The van der Waals surface area contributed by atoms with Crippen molar-refractivity contribution in [2.24, 2.45) is 0 Å². The number of thiophene rings is 1. The second-order valence-corrected chi connectivity index (χ2v) is 38.8. The molecular weight excluding hydrogens is 1710 g/mol. The topological polar surface area (TPSA) is 29.6 Å². The zero-order valence-electron chi connectivity index (χ0n) is 76.9. The second-order valence-electron chi connectivity index (χ2n) is 37.7. The third kappa shape index (κ3) is 12.7. The number of rotatable bonds is 10. The van der Waals surface area contributed by atoms with E-state index in [4.69, 9.17) is 0 Å². The molecule has 0 fully saturated rings. The molecule has 30 rings (SSSR count). The van der Waals surface area contributed by atoms with E-state index in [2.05, 4.69) is 539 Å². The summed E-state index contributed by atoms with van der Waals surface area (Å²) in [6.45, 7) is 4.69. The molecule has 0 radical (unpaired) electrons. The molecule has 0 atom stereocenters. The molecule has 22 aromatic carbocycles. The van der Waals surface area contributed by atoms with Crippen molar-refractivity contribution in [1.82, 2.24) is 27.4 Å². The lowest BCUT2D eigenvalue weighted by atomic mass is 9.82. The van der Waals surface area contributed by atoms with Crippen LogP contribution in [0.3, 0.4) is 0 Å². The van der Waals surface area contributed by atoms with Gasteiger partial charge in [-0.1, -0.05) is 323 Å². The van der Waals surface area contributed by atoms with E-state index in [9.17, 15) is 0 Å². The Morgan fingerprint density at radius 1 is 0.164 bits per heavy atom. The van der Waals surface area contributed by atoms with Crippen LogP contribution in [-0.2, 0) is 5.41 Å². The number of hydrogen-bond donors (Lipinski definition) is 0. The summed E-state index contributed by atoms with van der Waals surface area (Å²) in [7, 11) is 0. The molecule has 6 nitrogen and oxygen atoms in total. The van der Waals surface area contributed by atoms with Gasteiger partial charge in [-0.3, -0.25) is 0 Å². The summed E-state index contributed by atoms with van der Waals surface area (Å²) >= 11 is 1.87. The highest BCUT2D eigenvalue weighted by molar-refractivity contribution is 7.26. The van der Waals surface area contributed by atoms with Crippen LogP contribution in [0.4, 0.5) is 0 Å². The summed E-state index contributed by atoms with van der Waals surface area (Å²) in [6, 6.07) is 182. The van der Waals surface area contributed by atoms with Gasteiger partial charge in [0.15, 0.2) is 0 Å². The maximum atomic E-state index is 2.46. The number of para-hydroxylation sites is 9. The fraction of sp³-hybridized carbons (Fsp3) is 0.0226. The molecule has 1 aliphatic rings. The lowest BCUT2D eigenvalue weighted by molar-refractivity contribution is 0.660. The van der Waals surface area contributed by atoms with Crippen molar-refractivity contribution in [3.05, 3.63) is 509 Å². The zero-order chi connectivity index (χ0) is 92.4. The highest BCUT2D eigenvalue weighted by atomic mass is 32.1. The zero-order valence-corrected chi connectivity index (χ0v) is 77.8. The van der Waals surface area contributed by atoms with Gasteiger partial charge >= 0.3 is 0 Å². The first-order chi connectivity index (χ1) is 69.2. The van der Waals surface area contributed by atoms with Gasteiger partial charge in [-0.15, -0.1) is 11.3 Å². The predicted octanol–water partition coefficient (Wildman–Crippen LogP) is 36.1. The molecule has 140 heavy (non-hydrogen) atoms. The quantitative estimate of drug-likeness (QED) is 0.131. The Morgan fingerprint density at radius 2 is 0.464 bits per heavy atom. The molecule has 7 aromatic heterocycles. The first-order valence-electron chi connectivity index (χ1n) is 48.3. The Morgan fingerprint density at radius 3 is 0.879 bits per heavy atom. The Bertz CT molecular complexity index is 10100. The molecule has 0 bridgehead atoms. The van der Waals surface area contributed by atoms with Gasteiger partial charge in [-0.2, -0.15) is 0 Å². The van der Waals surface area contributed by atoms with Crippen LogP contribution < -0.4 is 0 Å². The van der Waals surface area contributed by atoms with Gasteiger partial charge in [-0.25, -0.2) is 0 Å². The standard InChI is InChI=1S/C46H30N2.C45H32N2.C42H26N2S/c1-3-13-31(14-4-1)39-27-32-15-7-8-16-33(32)30-46(39)48-43-22-12-10-20-38(43)41-29-35(24-26-45(41)48)34-23-25-44-40(28-34)37-19-9-11-21-42(37)47(44)36-17-5-2-6-18-36;1-45(2)39-17-9-6-14-33(39)36-28-32(22-23-40(36)45)47-42-19-11-8-16-35(42)38-27-30(21-25-44(38)47)29-20-24-43-37(26-29)34-15-7-10-18-41(34)46(43)31-12-4-3-5-13-31;1-2-11-29(12-3-1)43-35-16-7-4-13-30(35)33-25-27(21-23-37(33)43)28-22-24-38-34(26-28)31-14-5-8-17-36(31)44(38)39-18-10-20-41-42(39)32-15-6-9-19-40(32)45-41/h1-30H;3-28H,1-2H3;1-26H. The van der Waals surface area contributed by atoms with Crippen molar-refractivity contribution < 1.29 is 0 Å². The summed E-state index contributed by atoms with van der Waals surface area (Å²) in [5, 5.41) is 20.3. The Balaban J connectivity index is 0.000000103. The van der Waals surface area contributed by atoms with Crippen molar-refractivity contribution in [2.45, 2.75) is 19.3 Å². The molecule has 0 unspecified atom stereocenters. The predicted molar refractivity (Wildman–Crippen MR) is 595 cm³/mol. The Labute approximate surface area is 812 Å². The fourth-order valence-corrected chi connectivity index (χ4v) is 24.5. The molecule has 7 heterocycles. The second kappa shape index (κ2) is 32.2. The normalized spacial score (nSPS) is 12.4. The number of nitrogens with zero attached hydrogens (tertiary/aromatic N) is 6. The van der Waals surface area contributed by atoms with E-state index in [-0.39, 0.29) is 5.41 Å². The molecule has 29 aromatic rings.